The number of nitriles is 1. The molecule has 37 heavy (non-hydrogen) atoms. The topological polar surface area (TPSA) is 79.7 Å². The van der Waals surface area contributed by atoms with Gasteiger partial charge in [-0.3, -0.25) is 14.5 Å². The first kappa shape index (κ1) is 25.9. The van der Waals surface area contributed by atoms with Crippen LogP contribution in [0, 0.1) is 11.3 Å². The van der Waals surface area contributed by atoms with Gasteiger partial charge in [0.25, 0.3) is 0 Å². The number of hydrogen-bond acceptors (Lipinski definition) is 5. The lowest BCUT2D eigenvalue weighted by molar-refractivity contribution is -0.122. The van der Waals surface area contributed by atoms with Crippen molar-refractivity contribution in [3.05, 3.63) is 90.5 Å². The van der Waals surface area contributed by atoms with Crippen LogP contribution in [0.2, 0.25) is 0 Å². The summed E-state index contributed by atoms with van der Waals surface area (Å²) in [5, 5.41) is 11.8. The molecule has 1 N–H and O–H groups in total. The van der Waals surface area contributed by atoms with Crippen LogP contribution >= 0.6 is 0 Å². The number of amides is 2. The number of nitrogens with zero attached hydrogens (tertiary/aromatic N) is 4. The lowest BCUT2D eigenvalue weighted by Gasteiger charge is -2.36. The molecule has 1 heterocycles. The molecule has 0 radical (unpaired) electrons. The van der Waals surface area contributed by atoms with Gasteiger partial charge in [-0.1, -0.05) is 48.5 Å². The number of para-hydroxylation sites is 1. The minimum atomic E-state index is -0.205. The molecule has 2 amide bonds. The lowest BCUT2D eigenvalue weighted by Crippen LogP contribution is -2.45. The Balaban J connectivity index is 1.23. The number of hydrogen-bond donors (Lipinski definition) is 1. The highest BCUT2D eigenvalue weighted by Crippen LogP contribution is 2.21. The Morgan fingerprint density at radius 3 is 2.14 bits per heavy atom. The van der Waals surface area contributed by atoms with Gasteiger partial charge in [0.15, 0.2) is 0 Å². The van der Waals surface area contributed by atoms with Gasteiger partial charge < -0.3 is 15.1 Å². The van der Waals surface area contributed by atoms with Gasteiger partial charge >= 0.3 is 0 Å². The van der Waals surface area contributed by atoms with Crippen LogP contribution < -0.4 is 15.1 Å². The van der Waals surface area contributed by atoms with Crippen LogP contribution in [-0.4, -0.2) is 49.4 Å². The second kappa shape index (κ2) is 13.2. The third-order valence-electron chi connectivity index (χ3n) is 6.52. The van der Waals surface area contributed by atoms with Crippen LogP contribution in [-0.2, 0) is 16.1 Å². The molecule has 1 saturated heterocycles. The molecule has 0 saturated carbocycles. The third kappa shape index (κ3) is 7.66. The zero-order chi connectivity index (χ0) is 25.9. The van der Waals surface area contributed by atoms with E-state index in [0.717, 1.165) is 44.1 Å². The van der Waals surface area contributed by atoms with Crippen molar-refractivity contribution < 1.29 is 9.59 Å². The van der Waals surface area contributed by atoms with Crippen molar-refractivity contribution in [2.75, 3.05) is 47.8 Å². The first-order valence-corrected chi connectivity index (χ1v) is 12.8. The van der Waals surface area contributed by atoms with E-state index in [4.69, 9.17) is 5.26 Å². The van der Waals surface area contributed by atoms with Gasteiger partial charge in [0, 0.05) is 69.2 Å². The molecule has 1 fully saturated rings. The fourth-order valence-electron chi connectivity index (χ4n) is 4.51. The Hall–Kier alpha value is -4.15. The van der Waals surface area contributed by atoms with Crippen molar-refractivity contribution in [1.29, 1.82) is 5.26 Å². The normalized spacial score (nSPS) is 13.5. The van der Waals surface area contributed by atoms with Gasteiger partial charge in [-0.15, -0.1) is 0 Å². The van der Waals surface area contributed by atoms with Crippen LogP contribution in [0.3, 0.4) is 0 Å². The zero-order valence-corrected chi connectivity index (χ0v) is 21.1. The highest BCUT2D eigenvalue weighted by atomic mass is 16.2. The van der Waals surface area contributed by atoms with Gasteiger partial charge in [-0.2, -0.15) is 5.26 Å². The van der Waals surface area contributed by atoms with Gasteiger partial charge in [0.2, 0.25) is 11.8 Å². The van der Waals surface area contributed by atoms with Crippen LogP contribution in [0.1, 0.15) is 24.8 Å². The van der Waals surface area contributed by atoms with Crippen LogP contribution in [0.5, 0.6) is 0 Å². The maximum Gasteiger partial charge on any atom is 0.227 e. The summed E-state index contributed by atoms with van der Waals surface area (Å²) in [5.74, 6) is -0.373. The Bertz CT molecular complexity index is 1180. The average molecular weight is 496 g/mol. The fourth-order valence-corrected chi connectivity index (χ4v) is 4.51. The van der Waals surface area contributed by atoms with Crippen LogP contribution in [0.25, 0.3) is 0 Å². The van der Waals surface area contributed by atoms with Crippen LogP contribution in [0.15, 0.2) is 84.9 Å². The highest BCUT2D eigenvalue weighted by molar-refractivity contribution is 5.98. The molecular weight excluding hydrogens is 462 g/mol. The molecule has 0 atom stereocenters. The van der Waals surface area contributed by atoms with Crippen LogP contribution in [0.4, 0.5) is 17.1 Å². The number of benzene rings is 3. The van der Waals surface area contributed by atoms with E-state index < -0.39 is 0 Å². The quantitative estimate of drug-likeness (QED) is 0.442. The van der Waals surface area contributed by atoms with E-state index in [1.807, 2.05) is 60.7 Å². The maximum atomic E-state index is 12.8. The summed E-state index contributed by atoms with van der Waals surface area (Å²) in [7, 11) is 0. The highest BCUT2D eigenvalue weighted by Gasteiger charge is 2.18. The summed E-state index contributed by atoms with van der Waals surface area (Å²) in [5.41, 5.74) is 3.93. The standard InChI is InChI=1S/C30H33N5O2/c31-18-7-19-35(28-10-5-2-6-11-28)30(37)17-16-29(36)32-26-12-14-27(15-13-26)34-22-20-33(21-23-34)24-25-8-3-1-4-9-25/h1-6,8-15H,7,16-17,19-24H2,(H,32,36). The second-order valence-electron chi connectivity index (χ2n) is 9.13. The number of piperazine rings is 1. The minimum absolute atomic E-state index is 0.0809. The maximum absolute atomic E-state index is 12.8. The van der Waals surface area contributed by atoms with E-state index in [1.165, 1.54) is 5.56 Å². The van der Waals surface area contributed by atoms with E-state index in [-0.39, 0.29) is 31.1 Å². The molecule has 0 aliphatic carbocycles. The third-order valence-corrected chi connectivity index (χ3v) is 6.52. The Kier molecular flexibility index (Phi) is 9.28. The first-order chi connectivity index (χ1) is 18.1. The Morgan fingerprint density at radius 2 is 1.49 bits per heavy atom. The largest absolute Gasteiger partial charge is 0.369 e. The fraction of sp³-hybridized carbons (Fsp3) is 0.300. The molecule has 7 heteroatoms. The minimum Gasteiger partial charge on any atom is -0.369 e. The lowest BCUT2D eigenvalue weighted by atomic mass is 10.2. The zero-order valence-electron chi connectivity index (χ0n) is 21.1. The van der Waals surface area contributed by atoms with E-state index in [9.17, 15) is 9.59 Å². The van der Waals surface area contributed by atoms with Crippen molar-refractivity contribution in [3.8, 4) is 6.07 Å². The van der Waals surface area contributed by atoms with Gasteiger partial charge in [0.1, 0.15) is 0 Å². The van der Waals surface area contributed by atoms with Gasteiger partial charge in [0.05, 0.1) is 12.5 Å². The summed E-state index contributed by atoms with van der Waals surface area (Å²) >= 11 is 0. The van der Waals surface area contributed by atoms with E-state index >= 15 is 0 Å². The van der Waals surface area contributed by atoms with E-state index in [0.29, 0.717) is 12.2 Å². The second-order valence-corrected chi connectivity index (χ2v) is 9.13. The summed E-state index contributed by atoms with van der Waals surface area (Å²) in [6.07, 6.45) is 0.401. The number of anilines is 3. The van der Waals surface area contributed by atoms with Crippen molar-refractivity contribution in [3.63, 3.8) is 0 Å². The number of carbonyl (C=O) groups excluding carboxylic acids is 2. The predicted octanol–water partition coefficient (Wildman–Crippen LogP) is 4.67. The molecule has 3 aromatic carbocycles. The molecule has 1 aliphatic heterocycles. The number of rotatable bonds is 10. The molecule has 3 aromatic rings. The summed E-state index contributed by atoms with van der Waals surface area (Å²) in [6.45, 7) is 5.23. The summed E-state index contributed by atoms with van der Waals surface area (Å²) in [6, 6.07) is 29.8. The van der Waals surface area contributed by atoms with Crippen molar-refractivity contribution in [1.82, 2.24) is 4.90 Å². The summed E-state index contributed by atoms with van der Waals surface area (Å²) < 4.78 is 0. The Labute approximate surface area is 218 Å². The average Bonchev–Trinajstić information content (AvgIpc) is 2.94. The SMILES string of the molecule is N#CCCN(C(=O)CCC(=O)Nc1ccc(N2CCN(Cc3ccccc3)CC2)cc1)c1ccccc1. The monoisotopic (exact) mass is 495 g/mol. The molecule has 4 rings (SSSR count). The van der Waals surface area contributed by atoms with Crippen molar-refractivity contribution >= 4 is 28.9 Å². The van der Waals surface area contributed by atoms with E-state index in [2.05, 4.69) is 45.5 Å². The van der Waals surface area contributed by atoms with Crippen molar-refractivity contribution in [2.45, 2.75) is 25.8 Å². The first-order valence-electron chi connectivity index (χ1n) is 12.8. The molecule has 1 aliphatic rings. The molecule has 0 bridgehead atoms. The van der Waals surface area contributed by atoms with Gasteiger partial charge in [-0.05, 0) is 42.0 Å². The number of nitrogens with one attached hydrogen (secondary N) is 1. The Morgan fingerprint density at radius 1 is 0.838 bits per heavy atom. The molecule has 0 unspecified atom stereocenters. The molecular formula is C30H33N5O2. The van der Waals surface area contributed by atoms with Crippen molar-refractivity contribution in [2.24, 2.45) is 0 Å². The summed E-state index contributed by atoms with van der Waals surface area (Å²) in [4.78, 5) is 31.7. The molecule has 0 aromatic heterocycles. The predicted molar refractivity (Wildman–Crippen MR) is 147 cm³/mol. The number of carbonyl (C=O) groups is 2. The van der Waals surface area contributed by atoms with E-state index in [1.54, 1.807) is 4.90 Å². The van der Waals surface area contributed by atoms with Gasteiger partial charge in [-0.25, -0.2) is 0 Å². The molecule has 0 spiro atoms. The smallest absolute Gasteiger partial charge is 0.227 e. The molecule has 190 valence electrons. The molecule has 7 nitrogen and oxygen atoms in total.